The van der Waals surface area contributed by atoms with Gasteiger partial charge in [-0.2, -0.15) is 0 Å². The van der Waals surface area contributed by atoms with Crippen LogP contribution in [0.4, 0.5) is 5.69 Å². The second-order valence-electron chi connectivity index (χ2n) is 5.30. The Morgan fingerprint density at radius 2 is 1.90 bits per heavy atom. The topological polar surface area (TPSA) is 15.3 Å². The highest BCUT2D eigenvalue weighted by molar-refractivity contribution is 9.10. The van der Waals surface area contributed by atoms with E-state index in [-0.39, 0.29) is 0 Å². The molecule has 1 aliphatic rings. The zero-order valence-electron chi connectivity index (χ0n) is 11.7. The van der Waals surface area contributed by atoms with Crippen molar-refractivity contribution < 1.29 is 0 Å². The Morgan fingerprint density at radius 3 is 2.70 bits per heavy atom. The van der Waals surface area contributed by atoms with Gasteiger partial charge in [-0.05, 0) is 41.8 Å². The first kappa shape index (κ1) is 13.7. The zero-order chi connectivity index (χ0) is 13.9. The van der Waals surface area contributed by atoms with Gasteiger partial charge in [0.25, 0.3) is 0 Å². The van der Waals surface area contributed by atoms with Crippen molar-refractivity contribution in [2.75, 3.05) is 18.0 Å². The molecule has 2 aromatic carbocycles. The van der Waals surface area contributed by atoms with Crippen molar-refractivity contribution in [3.63, 3.8) is 0 Å². The van der Waals surface area contributed by atoms with Crippen LogP contribution in [0.3, 0.4) is 0 Å². The normalized spacial score (nSPS) is 15.4. The van der Waals surface area contributed by atoms with Gasteiger partial charge >= 0.3 is 0 Å². The quantitative estimate of drug-likeness (QED) is 0.853. The maximum absolute atomic E-state index is 3.58. The van der Waals surface area contributed by atoms with Crippen molar-refractivity contribution in [1.29, 1.82) is 0 Å². The lowest BCUT2D eigenvalue weighted by molar-refractivity contribution is 0.631. The third-order valence-corrected chi connectivity index (χ3v) is 4.75. The van der Waals surface area contributed by atoms with Gasteiger partial charge < -0.3 is 10.2 Å². The van der Waals surface area contributed by atoms with Crippen molar-refractivity contribution in [2.24, 2.45) is 0 Å². The van der Waals surface area contributed by atoms with Gasteiger partial charge in [0.05, 0.1) is 0 Å². The molecule has 0 atom stereocenters. The monoisotopic (exact) mass is 330 g/mol. The Morgan fingerprint density at radius 1 is 1.10 bits per heavy atom. The molecular formula is C17H19BrN2. The summed E-state index contributed by atoms with van der Waals surface area (Å²) in [5.74, 6) is 0. The number of anilines is 1. The van der Waals surface area contributed by atoms with Crippen LogP contribution >= 0.6 is 15.9 Å². The van der Waals surface area contributed by atoms with Crippen molar-refractivity contribution in [1.82, 2.24) is 5.32 Å². The average Bonchev–Trinajstić information content (AvgIpc) is 2.43. The number of aryl methyl sites for hydroxylation is 1. The molecule has 0 radical (unpaired) electrons. The summed E-state index contributed by atoms with van der Waals surface area (Å²) in [6.45, 7) is 6.16. The van der Waals surface area contributed by atoms with Crippen LogP contribution in [-0.2, 0) is 13.1 Å². The summed E-state index contributed by atoms with van der Waals surface area (Å²) in [6, 6.07) is 15.3. The van der Waals surface area contributed by atoms with Crippen LogP contribution in [0.5, 0.6) is 0 Å². The molecule has 0 amide bonds. The van der Waals surface area contributed by atoms with Crippen LogP contribution in [0.1, 0.15) is 16.7 Å². The highest BCUT2D eigenvalue weighted by Gasteiger charge is 2.13. The first-order chi connectivity index (χ1) is 9.74. The van der Waals surface area contributed by atoms with Crippen LogP contribution < -0.4 is 10.2 Å². The first-order valence-electron chi connectivity index (χ1n) is 7.02. The molecule has 3 rings (SSSR count). The number of nitrogens with one attached hydrogen (secondary N) is 1. The molecule has 0 saturated carbocycles. The number of rotatable bonds is 1. The molecule has 2 nitrogen and oxygen atoms in total. The molecule has 20 heavy (non-hydrogen) atoms. The summed E-state index contributed by atoms with van der Waals surface area (Å²) in [7, 11) is 0. The molecular weight excluding hydrogens is 312 g/mol. The molecule has 0 fully saturated rings. The van der Waals surface area contributed by atoms with E-state index in [1.165, 1.54) is 26.9 Å². The predicted molar refractivity (Wildman–Crippen MR) is 88.1 cm³/mol. The highest BCUT2D eigenvalue weighted by Crippen LogP contribution is 2.25. The van der Waals surface area contributed by atoms with Gasteiger partial charge in [0.15, 0.2) is 0 Å². The second kappa shape index (κ2) is 5.98. The number of halogens is 1. The van der Waals surface area contributed by atoms with Gasteiger partial charge in [-0.1, -0.05) is 40.2 Å². The lowest BCUT2D eigenvalue weighted by atomic mass is 10.1. The molecule has 0 aliphatic carbocycles. The minimum absolute atomic E-state index is 0.976. The van der Waals surface area contributed by atoms with E-state index in [1.54, 1.807) is 0 Å². The maximum atomic E-state index is 3.58. The van der Waals surface area contributed by atoms with Crippen LogP contribution in [0, 0.1) is 6.92 Å². The van der Waals surface area contributed by atoms with Crippen LogP contribution in [-0.4, -0.2) is 13.1 Å². The first-order valence-corrected chi connectivity index (χ1v) is 7.82. The standard InChI is InChI=1S/C17H19BrN2/c1-13-10-16(6-7-17(13)18)20-9-8-19-11-14-4-2-3-5-15(14)12-20/h2-7,10,19H,8-9,11-12H2,1H3. The minimum atomic E-state index is 0.976. The summed E-state index contributed by atoms with van der Waals surface area (Å²) in [5, 5.41) is 3.52. The Hall–Kier alpha value is -1.32. The summed E-state index contributed by atoms with van der Waals surface area (Å²) in [5.41, 5.74) is 5.40. The molecule has 1 aliphatic heterocycles. The van der Waals surface area contributed by atoms with Crippen molar-refractivity contribution in [3.8, 4) is 0 Å². The number of benzene rings is 2. The molecule has 1 heterocycles. The van der Waals surface area contributed by atoms with Gasteiger partial charge in [0.2, 0.25) is 0 Å². The van der Waals surface area contributed by atoms with Crippen LogP contribution in [0.2, 0.25) is 0 Å². The molecule has 0 bridgehead atoms. The Kier molecular flexibility index (Phi) is 4.08. The number of fused-ring (bicyclic) bond motifs is 1. The van der Waals surface area contributed by atoms with Gasteiger partial charge in [0, 0.05) is 36.3 Å². The van der Waals surface area contributed by atoms with E-state index in [9.17, 15) is 0 Å². The SMILES string of the molecule is Cc1cc(N2CCNCc3ccccc3C2)ccc1Br. The van der Waals surface area contributed by atoms with E-state index in [0.717, 1.165) is 26.2 Å². The highest BCUT2D eigenvalue weighted by atomic mass is 79.9. The van der Waals surface area contributed by atoms with Crippen molar-refractivity contribution >= 4 is 21.6 Å². The van der Waals surface area contributed by atoms with Crippen molar-refractivity contribution in [2.45, 2.75) is 20.0 Å². The molecule has 0 aromatic heterocycles. The van der Waals surface area contributed by atoms with E-state index in [0.29, 0.717) is 0 Å². The molecule has 0 saturated heterocycles. The Bertz CT molecular complexity index is 610. The van der Waals surface area contributed by atoms with Gasteiger partial charge in [0.1, 0.15) is 0 Å². The number of hydrogen-bond acceptors (Lipinski definition) is 2. The molecule has 104 valence electrons. The third-order valence-electron chi connectivity index (χ3n) is 3.86. The fourth-order valence-corrected chi connectivity index (χ4v) is 2.90. The van der Waals surface area contributed by atoms with Gasteiger partial charge in [-0.25, -0.2) is 0 Å². The van der Waals surface area contributed by atoms with Gasteiger partial charge in [-0.15, -0.1) is 0 Å². The molecule has 0 unspecified atom stereocenters. The lowest BCUT2D eigenvalue weighted by Gasteiger charge is -2.29. The molecule has 2 aromatic rings. The van der Waals surface area contributed by atoms with Crippen LogP contribution in [0.25, 0.3) is 0 Å². The van der Waals surface area contributed by atoms with E-state index in [1.807, 2.05) is 0 Å². The fourth-order valence-electron chi connectivity index (χ4n) is 2.65. The Balaban J connectivity index is 1.92. The van der Waals surface area contributed by atoms with Gasteiger partial charge in [-0.3, -0.25) is 0 Å². The molecule has 3 heteroatoms. The summed E-state index contributed by atoms with van der Waals surface area (Å²) < 4.78 is 1.17. The smallest absolute Gasteiger partial charge is 0.0433 e. The lowest BCUT2D eigenvalue weighted by Crippen LogP contribution is -2.34. The Labute approximate surface area is 128 Å². The summed E-state index contributed by atoms with van der Waals surface area (Å²) >= 11 is 3.58. The molecule has 1 N–H and O–H groups in total. The maximum Gasteiger partial charge on any atom is 0.0433 e. The second-order valence-corrected chi connectivity index (χ2v) is 6.15. The van der Waals surface area contributed by atoms with E-state index < -0.39 is 0 Å². The van der Waals surface area contributed by atoms with Crippen molar-refractivity contribution in [3.05, 3.63) is 63.6 Å². The minimum Gasteiger partial charge on any atom is -0.366 e. The summed E-state index contributed by atoms with van der Waals surface area (Å²) in [4.78, 5) is 2.45. The fraction of sp³-hybridized carbons (Fsp3) is 0.294. The van der Waals surface area contributed by atoms with E-state index in [2.05, 4.69) is 75.5 Å². The zero-order valence-corrected chi connectivity index (χ0v) is 13.3. The third kappa shape index (κ3) is 2.89. The van der Waals surface area contributed by atoms with Crippen LogP contribution in [0.15, 0.2) is 46.9 Å². The number of nitrogens with zero attached hydrogens (tertiary/aromatic N) is 1. The number of hydrogen-bond donors (Lipinski definition) is 1. The molecule has 0 spiro atoms. The average molecular weight is 331 g/mol. The predicted octanol–water partition coefficient (Wildman–Crippen LogP) is 3.87. The summed E-state index contributed by atoms with van der Waals surface area (Å²) in [6.07, 6.45) is 0. The van der Waals surface area contributed by atoms with E-state index >= 15 is 0 Å². The largest absolute Gasteiger partial charge is 0.366 e. The van der Waals surface area contributed by atoms with E-state index in [4.69, 9.17) is 0 Å².